The van der Waals surface area contributed by atoms with Crippen molar-refractivity contribution in [1.82, 2.24) is 5.32 Å². The molecule has 1 aliphatic heterocycles. The topological polar surface area (TPSA) is 21.3 Å². The van der Waals surface area contributed by atoms with Crippen LogP contribution in [0.25, 0.3) is 0 Å². The smallest absolute Gasteiger partial charge is 0.0839 e. The van der Waals surface area contributed by atoms with Crippen molar-refractivity contribution >= 4 is 0 Å². The van der Waals surface area contributed by atoms with Gasteiger partial charge in [-0.2, -0.15) is 0 Å². The van der Waals surface area contributed by atoms with Gasteiger partial charge in [0.05, 0.1) is 6.10 Å². The molecular formula is C14H21NO. The fourth-order valence-corrected chi connectivity index (χ4v) is 2.28. The summed E-state index contributed by atoms with van der Waals surface area (Å²) in [5.74, 6) is 0. The van der Waals surface area contributed by atoms with E-state index in [1.165, 1.54) is 11.1 Å². The van der Waals surface area contributed by atoms with Crippen LogP contribution in [0.3, 0.4) is 0 Å². The Morgan fingerprint density at radius 3 is 2.75 bits per heavy atom. The van der Waals surface area contributed by atoms with E-state index in [1.54, 1.807) is 0 Å². The Hall–Kier alpha value is -0.860. The third-order valence-corrected chi connectivity index (χ3v) is 3.23. The van der Waals surface area contributed by atoms with Crippen molar-refractivity contribution < 1.29 is 4.74 Å². The largest absolute Gasteiger partial charge is 0.373 e. The lowest BCUT2D eigenvalue weighted by molar-refractivity contribution is 0.000591. The van der Waals surface area contributed by atoms with E-state index >= 15 is 0 Å². The van der Waals surface area contributed by atoms with E-state index in [4.69, 9.17) is 4.74 Å². The maximum absolute atomic E-state index is 5.84. The van der Waals surface area contributed by atoms with Gasteiger partial charge in [0, 0.05) is 12.6 Å². The minimum absolute atomic E-state index is 0.276. The minimum atomic E-state index is 0.276. The highest BCUT2D eigenvalue weighted by Gasteiger charge is 2.22. The van der Waals surface area contributed by atoms with Gasteiger partial charge < -0.3 is 10.1 Å². The first-order chi connectivity index (χ1) is 7.79. The fourth-order valence-electron chi connectivity index (χ4n) is 2.28. The molecule has 1 aliphatic rings. The number of aryl methyl sites for hydroxylation is 1. The van der Waals surface area contributed by atoms with Crippen molar-refractivity contribution in [2.75, 3.05) is 13.2 Å². The van der Waals surface area contributed by atoms with Crippen molar-refractivity contribution in [3.63, 3.8) is 0 Å². The van der Waals surface area contributed by atoms with E-state index in [0.717, 1.165) is 26.0 Å². The van der Waals surface area contributed by atoms with Gasteiger partial charge in [0.25, 0.3) is 0 Å². The zero-order valence-electron chi connectivity index (χ0n) is 10.2. The van der Waals surface area contributed by atoms with Crippen LogP contribution in [0.4, 0.5) is 0 Å². The summed E-state index contributed by atoms with van der Waals surface area (Å²) in [6.07, 6.45) is 2.51. The first-order valence-corrected chi connectivity index (χ1v) is 6.21. The molecule has 88 valence electrons. The van der Waals surface area contributed by atoms with Crippen molar-refractivity contribution in [2.24, 2.45) is 0 Å². The Kier molecular flexibility index (Phi) is 3.97. The summed E-state index contributed by atoms with van der Waals surface area (Å²) in [4.78, 5) is 0. The summed E-state index contributed by atoms with van der Waals surface area (Å²) in [6.45, 7) is 6.20. The Balaban J connectivity index is 2.01. The molecule has 1 heterocycles. The Morgan fingerprint density at radius 2 is 2.06 bits per heavy atom. The Morgan fingerprint density at radius 1 is 1.31 bits per heavy atom. The highest BCUT2D eigenvalue weighted by atomic mass is 16.5. The van der Waals surface area contributed by atoms with Gasteiger partial charge in [-0.1, -0.05) is 36.8 Å². The normalized spacial score (nSPS) is 25.6. The van der Waals surface area contributed by atoms with E-state index < -0.39 is 0 Å². The first kappa shape index (κ1) is 11.6. The average molecular weight is 219 g/mol. The van der Waals surface area contributed by atoms with Crippen LogP contribution < -0.4 is 5.32 Å². The fraction of sp³-hybridized carbons (Fsp3) is 0.571. The van der Waals surface area contributed by atoms with Crippen molar-refractivity contribution in [3.8, 4) is 0 Å². The highest BCUT2D eigenvalue weighted by Crippen LogP contribution is 2.28. The second kappa shape index (κ2) is 5.46. The summed E-state index contributed by atoms with van der Waals surface area (Å²) < 4.78 is 5.84. The minimum Gasteiger partial charge on any atom is -0.373 e. The molecule has 1 fully saturated rings. The van der Waals surface area contributed by atoms with Crippen LogP contribution in [0.5, 0.6) is 0 Å². The quantitative estimate of drug-likeness (QED) is 0.844. The third-order valence-electron chi connectivity index (χ3n) is 3.23. The predicted octanol–water partition coefficient (Wildman–Crippen LogP) is 2.82. The molecule has 0 saturated carbocycles. The van der Waals surface area contributed by atoms with Crippen LogP contribution >= 0.6 is 0 Å². The second-order valence-electron chi connectivity index (χ2n) is 4.55. The van der Waals surface area contributed by atoms with E-state index in [9.17, 15) is 0 Å². The maximum atomic E-state index is 5.84. The molecule has 1 aromatic rings. The SMILES string of the molecule is CCNC1CCOC(c2ccc(C)cc2)C1. The lowest BCUT2D eigenvalue weighted by Crippen LogP contribution is -2.35. The highest BCUT2D eigenvalue weighted by molar-refractivity contribution is 5.23. The molecule has 0 amide bonds. The van der Waals surface area contributed by atoms with Crippen LogP contribution in [0, 0.1) is 6.92 Å². The lowest BCUT2D eigenvalue weighted by atomic mass is 9.97. The summed E-state index contributed by atoms with van der Waals surface area (Å²) in [7, 11) is 0. The molecule has 0 spiro atoms. The molecule has 0 radical (unpaired) electrons. The Bertz CT molecular complexity index is 318. The number of ether oxygens (including phenoxy) is 1. The number of benzene rings is 1. The van der Waals surface area contributed by atoms with Gasteiger partial charge in [0.2, 0.25) is 0 Å². The zero-order valence-corrected chi connectivity index (χ0v) is 10.2. The number of rotatable bonds is 3. The average Bonchev–Trinajstić information content (AvgIpc) is 2.31. The van der Waals surface area contributed by atoms with Gasteiger partial charge in [-0.15, -0.1) is 0 Å². The van der Waals surface area contributed by atoms with Crippen LogP contribution in [0.1, 0.15) is 37.0 Å². The summed E-state index contributed by atoms with van der Waals surface area (Å²) in [6, 6.07) is 9.32. The summed E-state index contributed by atoms with van der Waals surface area (Å²) in [5.41, 5.74) is 2.62. The molecule has 2 nitrogen and oxygen atoms in total. The van der Waals surface area contributed by atoms with Crippen molar-refractivity contribution in [2.45, 2.75) is 38.8 Å². The monoisotopic (exact) mass is 219 g/mol. The van der Waals surface area contributed by atoms with Crippen molar-refractivity contribution in [3.05, 3.63) is 35.4 Å². The second-order valence-corrected chi connectivity index (χ2v) is 4.55. The molecule has 0 bridgehead atoms. The Labute approximate surface area is 98.0 Å². The van der Waals surface area contributed by atoms with Crippen LogP contribution in [0.2, 0.25) is 0 Å². The summed E-state index contributed by atoms with van der Waals surface area (Å²) >= 11 is 0. The third kappa shape index (κ3) is 2.83. The first-order valence-electron chi connectivity index (χ1n) is 6.21. The number of hydrogen-bond acceptors (Lipinski definition) is 2. The molecule has 16 heavy (non-hydrogen) atoms. The van der Waals surface area contributed by atoms with Gasteiger partial charge in [-0.05, 0) is 31.9 Å². The van der Waals surface area contributed by atoms with Crippen LogP contribution in [-0.2, 0) is 4.74 Å². The molecule has 1 aromatic carbocycles. The van der Waals surface area contributed by atoms with E-state index in [-0.39, 0.29) is 6.10 Å². The molecule has 1 N–H and O–H groups in total. The van der Waals surface area contributed by atoms with Gasteiger partial charge in [0.15, 0.2) is 0 Å². The number of hydrogen-bond donors (Lipinski definition) is 1. The van der Waals surface area contributed by atoms with Gasteiger partial charge >= 0.3 is 0 Å². The van der Waals surface area contributed by atoms with E-state index in [0.29, 0.717) is 6.04 Å². The van der Waals surface area contributed by atoms with Crippen molar-refractivity contribution in [1.29, 1.82) is 0 Å². The standard InChI is InChI=1S/C14H21NO/c1-3-15-13-8-9-16-14(10-13)12-6-4-11(2)5-7-12/h4-7,13-15H,3,8-10H2,1-2H3. The molecule has 2 rings (SSSR count). The molecule has 0 aromatic heterocycles. The number of nitrogens with one attached hydrogen (secondary N) is 1. The molecule has 2 unspecified atom stereocenters. The van der Waals surface area contributed by atoms with Gasteiger partial charge in [-0.3, -0.25) is 0 Å². The van der Waals surface area contributed by atoms with Crippen LogP contribution in [0.15, 0.2) is 24.3 Å². The van der Waals surface area contributed by atoms with E-state index in [1.807, 2.05) is 0 Å². The van der Waals surface area contributed by atoms with E-state index in [2.05, 4.69) is 43.4 Å². The molecule has 2 heteroatoms. The molecule has 2 atom stereocenters. The lowest BCUT2D eigenvalue weighted by Gasteiger charge is -2.30. The van der Waals surface area contributed by atoms with Gasteiger partial charge in [-0.25, -0.2) is 0 Å². The molecule has 1 saturated heterocycles. The van der Waals surface area contributed by atoms with Gasteiger partial charge in [0.1, 0.15) is 0 Å². The molecule has 0 aliphatic carbocycles. The zero-order chi connectivity index (χ0) is 11.4. The van der Waals surface area contributed by atoms with Crippen LogP contribution in [-0.4, -0.2) is 19.2 Å². The summed E-state index contributed by atoms with van der Waals surface area (Å²) in [5, 5.41) is 3.52. The molecular weight excluding hydrogens is 198 g/mol. The maximum Gasteiger partial charge on any atom is 0.0839 e. The predicted molar refractivity (Wildman–Crippen MR) is 66.6 cm³/mol.